The molecule has 29 heavy (non-hydrogen) atoms. The van der Waals surface area contributed by atoms with Gasteiger partial charge in [-0.25, -0.2) is 0 Å². The molecule has 0 aliphatic rings. The molecule has 0 aliphatic carbocycles. The van der Waals surface area contributed by atoms with Crippen molar-refractivity contribution in [3.8, 4) is 0 Å². The lowest BCUT2D eigenvalue weighted by Gasteiger charge is -2.16. The second-order valence-electron chi connectivity index (χ2n) is 7.83. The Morgan fingerprint density at radius 3 is 2.07 bits per heavy atom. The Balaban J connectivity index is 1.64. The second-order valence-corrected chi connectivity index (χ2v) is 7.83. The van der Waals surface area contributed by atoms with Crippen molar-refractivity contribution in [2.45, 2.75) is 39.2 Å². The molecular formula is C27H24O2. The highest BCUT2D eigenvalue weighted by molar-refractivity contribution is 6.33. The zero-order valence-corrected chi connectivity index (χ0v) is 16.7. The molecule has 2 heteroatoms. The molecule has 0 heterocycles. The molecule has 0 fully saturated rings. The second kappa shape index (κ2) is 7.36. The maximum absolute atomic E-state index is 12.1. The first-order valence-corrected chi connectivity index (χ1v) is 10.5. The molecule has 0 aromatic heterocycles. The fourth-order valence-electron chi connectivity index (χ4n) is 4.58. The molecule has 5 aromatic carbocycles. The summed E-state index contributed by atoms with van der Waals surface area (Å²) in [4.78, 5) is 12.1. The standard InChI is InChI=1S/C27H24O2/c1-2-3-4-14-25(28)29-17-19-15-16-24-22-12-6-9-18-8-5-11-21(26(18)22)23-13-7-10-20(19)27(23)24/h5-13,15-16H,2-4,14,17H2,1H3. The highest BCUT2D eigenvalue weighted by Crippen LogP contribution is 2.40. The van der Waals surface area contributed by atoms with E-state index in [1.807, 2.05) is 0 Å². The van der Waals surface area contributed by atoms with Gasteiger partial charge in [-0.3, -0.25) is 4.79 Å². The van der Waals surface area contributed by atoms with Gasteiger partial charge in [0.2, 0.25) is 0 Å². The highest BCUT2D eigenvalue weighted by Gasteiger charge is 2.14. The van der Waals surface area contributed by atoms with Crippen molar-refractivity contribution in [3.63, 3.8) is 0 Å². The number of esters is 1. The van der Waals surface area contributed by atoms with E-state index in [1.54, 1.807) is 0 Å². The van der Waals surface area contributed by atoms with Crippen molar-refractivity contribution in [3.05, 3.63) is 72.3 Å². The van der Waals surface area contributed by atoms with Crippen LogP contribution in [-0.4, -0.2) is 5.97 Å². The summed E-state index contributed by atoms with van der Waals surface area (Å²) >= 11 is 0. The molecule has 5 rings (SSSR count). The highest BCUT2D eigenvalue weighted by atomic mass is 16.5. The van der Waals surface area contributed by atoms with E-state index in [9.17, 15) is 4.79 Å². The maximum atomic E-state index is 12.1. The molecule has 144 valence electrons. The average molecular weight is 380 g/mol. The zero-order valence-electron chi connectivity index (χ0n) is 16.7. The summed E-state index contributed by atoms with van der Waals surface area (Å²) < 4.78 is 5.60. The minimum absolute atomic E-state index is 0.103. The van der Waals surface area contributed by atoms with Gasteiger partial charge in [0.1, 0.15) is 6.61 Å². The fraction of sp³-hybridized carbons (Fsp3) is 0.222. The Kier molecular flexibility index (Phi) is 4.55. The Bertz CT molecular complexity index is 1280. The van der Waals surface area contributed by atoms with Crippen LogP contribution < -0.4 is 0 Å². The summed E-state index contributed by atoms with van der Waals surface area (Å²) in [6.45, 7) is 2.47. The minimum atomic E-state index is -0.103. The number of benzene rings is 5. The van der Waals surface area contributed by atoms with Crippen LogP contribution in [-0.2, 0) is 16.1 Å². The molecule has 0 atom stereocenters. The predicted molar refractivity (Wildman–Crippen MR) is 122 cm³/mol. The largest absolute Gasteiger partial charge is 0.461 e. The third-order valence-corrected chi connectivity index (χ3v) is 5.99. The third-order valence-electron chi connectivity index (χ3n) is 5.99. The summed E-state index contributed by atoms with van der Waals surface area (Å²) in [5.41, 5.74) is 1.07. The summed E-state index contributed by atoms with van der Waals surface area (Å²) in [7, 11) is 0. The smallest absolute Gasteiger partial charge is 0.306 e. The Hall–Kier alpha value is -3.13. The average Bonchev–Trinajstić information content (AvgIpc) is 2.76. The molecule has 0 saturated carbocycles. The number of rotatable bonds is 6. The van der Waals surface area contributed by atoms with Gasteiger partial charge in [-0.1, -0.05) is 86.5 Å². The van der Waals surface area contributed by atoms with Crippen LogP contribution in [0.3, 0.4) is 0 Å². The van der Waals surface area contributed by atoms with Crippen molar-refractivity contribution in [2.75, 3.05) is 0 Å². The SMILES string of the molecule is CCCCCC(=O)OCc1ccc2c3cccc4cccc(c5cccc1c52)c43. The van der Waals surface area contributed by atoms with Crippen molar-refractivity contribution in [1.82, 2.24) is 0 Å². The van der Waals surface area contributed by atoms with Gasteiger partial charge in [0, 0.05) is 6.42 Å². The number of unbranched alkanes of at least 4 members (excludes halogenated alkanes) is 2. The van der Waals surface area contributed by atoms with Gasteiger partial charge >= 0.3 is 5.97 Å². The molecule has 0 amide bonds. The van der Waals surface area contributed by atoms with Crippen molar-refractivity contribution in [1.29, 1.82) is 0 Å². The summed E-state index contributed by atoms with van der Waals surface area (Å²) in [5, 5.41) is 10.1. The molecule has 2 nitrogen and oxygen atoms in total. The van der Waals surface area contributed by atoms with Crippen LogP contribution in [0, 0.1) is 0 Å². The van der Waals surface area contributed by atoms with E-state index in [2.05, 4.69) is 73.7 Å². The van der Waals surface area contributed by atoms with E-state index in [-0.39, 0.29) is 5.97 Å². The fourth-order valence-corrected chi connectivity index (χ4v) is 4.58. The van der Waals surface area contributed by atoms with E-state index in [0.29, 0.717) is 13.0 Å². The number of hydrogen-bond acceptors (Lipinski definition) is 2. The Labute approximate surface area is 170 Å². The van der Waals surface area contributed by atoms with Gasteiger partial charge in [0.25, 0.3) is 0 Å². The van der Waals surface area contributed by atoms with Crippen LogP contribution in [0.25, 0.3) is 43.1 Å². The van der Waals surface area contributed by atoms with E-state index < -0.39 is 0 Å². The Morgan fingerprint density at radius 2 is 1.34 bits per heavy atom. The zero-order chi connectivity index (χ0) is 19.8. The molecular weight excluding hydrogens is 356 g/mol. The van der Waals surface area contributed by atoms with Gasteiger partial charge in [0.05, 0.1) is 0 Å². The van der Waals surface area contributed by atoms with E-state index in [1.165, 1.54) is 43.1 Å². The topological polar surface area (TPSA) is 26.3 Å². The van der Waals surface area contributed by atoms with E-state index >= 15 is 0 Å². The van der Waals surface area contributed by atoms with Crippen LogP contribution in [0.2, 0.25) is 0 Å². The molecule has 0 radical (unpaired) electrons. The lowest BCUT2D eigenvalue weighted by atomic mass is 9.88. The first-order valence-electron chi connectivity index (χ1n) is 10.5. The lowest BCUT2D eigenvalue weighted by Crippen LogP contribution is -2.04. The minimum Gasteiger partial charge on any atom is -0.461 e. The quantitative estimate of drug-likeness (QED) is 0.133. The number of carbonyl (C=O) groups is 1. The first kappa shape index (κ1) is 17.9. The van der Waals surface area contributed by atoms with Gasteiger partial charge < -0.3 is 4.74 Å². The number of ether oxygens (including phenoxy) is 1. The van der Waals surface area contributed by atoms with Crippen LogP contribution in [0.1, 0.15) is 38.2 Å². The van der Waals surface area contributed by atoms with Crippen molar-refractivity contribution >= 4 is 49.1 Å². The normalized spacial score (nSPS) is 11.8. The maximum Gasteiger partial charge on any atom is 0.306 e. The first-order chi connectivity index (χ1) is 14.3. The molecule has 0 unspecified atom stereocenters. The van der Waals surface area contributed by atoms with Gasteiger partial charge in [-0.2, -0.15) is 0 Å². The number of hydrogen-bond donors (Lipinski definition) is 0. The van der Waals surface area contributed by atoms with E-state index in [0.717, 1.165) is 24.8 Å². The molecule has 0 aliphatic heterocycles. The van der Waals surface area contributed by atoms with Gasteiger partial charge in [0.15, 0.2) is 0 Å². The van der Waals surface area contributed by atoms with E-state index in [4.69, 9.17) is 4.74 Å². The molecule has 0 spiro atoms. The van der Waals surface area contributed by atoms with Gasteiger partial charge in [-0.15, -0.1) is 0 Å². The van der Waals surface area contributed by atoms with Crippen molar-refractivity contribution in [2.24, 2.45) is 0 Å². The number of fused-ring (bicyclic) bond motifs is 2. The predicted octanol–water partition coefficient (Wildman–Crippen LogP) is 7.36. The number of carbonyl (C=O) groups excluding carboxylic acids is 1. The summed E-state index contributed by atoms with van der Waals surface area (Å²) in [6, 6.07) is 23.8. The lowest BCUT2D eigenvalue weighted by molar-refractivity contribution is -0.145. The Morgan fingerprint density at radius 1 is 0.724 bits per heavy atom. The van der Waals surface area contributed by atoms with Crippen LogP contribution >= 0.6 is 0 Å². The molecule has 0 N–H and O–H groups in total. The van der Waals surface area contributed by atoms with Crippen LogP contribution in [0.5, 0.6) is 0 Å². The third kappa shape index (κ3) is 3.00. The summed E-state index contributed by atoms with van der Waals surface area (Å²) in [6.07, 6.45) is 3.59. The van der Waals surface area contributed by atoms with Crippen LogP contribution in [0.4, 0.5) is 0 Å². The van der Waals surface area contributed by atoms with Gasteiger partial charge in [-0.05, 0) is 55.1 Å². The van der Waals surface area contributed by atoms with Crippen LogP contribution in [0.15, 0.2) is 66.7 Å². The summed E-state index contributed by atoms with van der Waals surface area (Å²) in [5.74, 6) is -0.103. The monoisotopic (exact) mass is 380 g/mol. The molecule has 0 saturated heterocycles. The molecule has 0 bridgehead atoms. The molecule has 5 aromatic rings. The van der Waals surface area contributed by atoms with Crippen molar-refractivity contribution < 1.29 is 9.53 Å².